The lowest BCUT2D eigenvalue weighted by atomic mass is 10.0. The predicted molar refractivity (Wildman–Crippen MR) is 95.7 cm³/mol. The lowest BCUT2D eigenvalue weighted by molar-refractivity contribution is -0.0429. The Balaban J connectivity index is 2.61. The number of nitrogens with zero attached hydrogens (tertiary/aromatic N) is 3. The Kier molecular flexibility index (Phi) is 6.34. The van der Waals surface area contributed by atoms with Crippen molar-refractivity contribution in [2.45, 2.75) is 11.6 Å². The van der Waals surface area contributed by atoms with Gasteiger partial charge in [0, 0.05) is 5.56 Å². The van der Waals surface area contributed by atoms with Crippen molar-refractivity contribution in [3.63, 3.8) is 0 Å². The van der Waals surface area contributed by atoms with Crippen molar-refractivity contribution >= 4 is 15.7 Å². The van der Waals surface area contributed by atoms with E-state index in [4.69, 9.17) is 9.47 Å². The average molecular weight is 420 g/mol. The standard InChI is InChI=1S/C16H19F3N4O4S/c1-23(2)14(15-20-12(26-3)9-13(21-15)27-4)10-7-5-6-8-11(10)22-28(24,25)16(17,18)19/h5-9,14,22H,1-4H3. The smallest absolute Gasteiger partial charge is 0.481 e. The van der Waals surface area contributed by atoms with Crippen molar-refractivity contribution < 1.29 is 31.1 Å². The van der Waals surface area contributed by atoms with E-state index >= 15 is 0 Å². The van der Waals surface area contributed by atoms with Crippen LogP contribution in [-0.2, 0) is 10.0 Å². The Hall–Kier alpha value is -2.60. The van der Waals surface area contributed by atoms with Crippen LogP contribution >= 0.6 is 0 Å². The quantitative estimate of drug-likeness (QED) is 0.735. The normalized spacial score (nSPS) is 13.3. The van der Waals surface area contributed by atoms with Crippen LogP contribution in [0.5, 0.6) is 11.8 Å². The molecule has 2 rings (SSSR count). The molecule has 0 amide bonds. The van der Waals surface area contributed by atoms with Gasteiger partial charge in [-0.15, -0.1) is 0 Å². The van der Waals surface area contributed by atoms with Crippen molar-refractivity contribution in [2.24, 2.45) is 0 Å². The van der Waals surface area contributed by atoms with E-state index in [1.807, 2.05) is 0 Å². The van der Waals surface area contributed by atoms with Gasteiger partial charge in [-0.2, -0.15) is 31.6 Å². The van der Waals surface area contributed by atoms with Gasteiger partial charge in [0.1, 0.15) is 0 Å². The van der Waals surface area contributed by atoms with E-state index in [1.54, 1.807) is 29.8 Å². The number of anilines is 1. The van der Waals surface area contributed by atoms with Gasteiger partial charge < -0.3 is 9.47 Å². The van der Waals surface area contributed by atoms with Gasteiger partial charge in [-0.3, -0.25) is 9.62 Å². The van der Waals surface area contributed by atoms with Gasteiger partial charge in [0.15, 0.2) is 5.82 Å². The van der Waals surface area contributed by atoms with Gasteiger partial charge in [0.05, 0.1) is 32.0 Å². The van der Waals surface area contributed by atoms with Crippen LogP contribution in [0.4, 0.5) is 18.9 Å². The van der Waals surface area contributed by atoms with Crippen LogP contribution in [0.2, 0.25) is 0 Å². The van der Waals surface area contributed by atoms with E-state index < -0.39 is 21.6 Å². The minimum absolute atomic E-state index is 0.153. The third-order valence-corrected chi connectivity index (χ3v) is 4.78. The lowest BCUT2D eigenvalue weighted by Gasteiger charge is -2.26. The highest BCUT2D eigenvalue weighted by Crippen LogP contribution is 2.34. The van der Waals surface area contributed by atoms with Crippen LogP contribution in [0.1, 0.15) is 17.4 Å². The molecule has 1 aromatic heterocycles. The fourth-order valence-corrected chi connectivity index (χ4v) is 3.02. The molecule has 28 heavy (non-hydrogen) atoms. The van der Waals surface area contributed by atoms with Crippen molar-refractivity contribution in [1.29, 1.82) is 0 Å². The third-order valence-electron chi connectivity index (χ3n) is 3.68. The molecule has 1 atom stereocenters. The number of sulfonamides is 1. The summed E-state index contributed by atoms with van der Waals surface area (Å²) >= 11 is 0. The second-order valence-electron chi connectivity index (χ2n) is 5.82. The van der Waals surface area contributed by atoms with E-state index in [0.717, 1.165) is 0 Å². The molecule has 1 heterocycles. The maximum absolute atomic E-state index is 12.8. The van der Waals surface area contributed by atoms with Crippen molar-refractivity contribution in [3.05, 3.63) is 41.7 Å². The summed E-state index contributed by atoms with van der Waals surface area (Å²) in [5.74, 6) is 0.518. The number of aromatic nitrogens is 2. The van der Waals surface area contributed by atoms with Crippen LogP contribution in [0.25, 0.3) is 0 Å². The number of halogens is 3. The summed E-state index contributed by atoms with van der Waals surface area (Å²) in [6.45, 7) is 0. The number of ether oxygens (including phenoxy) is 2. The highest BCUT2D eigenvalue weighted by atomic mass is 32.2. The Morgan fingerprint density at radius 3 is 2.07 bits per heavy atom. The molecule has 2 aromatic rings. The minimum Gasteiger partial charge on any atom is -0.481 e. The van der Waals surface area contributed by atoms with Crippen molar-refractivity contribution in [1.82, 2.24) is 14.9 Å². The number of benzene rings is 1. The number of methoxy groups -OCH3 is 2. The highest BCUT2D eigenvalue weighted by molar-refractivity contribution is 7.93. The third kappa shape index (κ3) is 4.62. The molecule has 12 heteroatoms. The van der Waals surface area contributed by atoms with E-state index in [9.17, 15) is 21.6 Å². The zero-order valence-electron chi connectivity index (χ0n) is 15.5. The number of alkyl halides is 3. The molecule has 0 aliphatic carbocycles. The van der Waals surface area contributed by atoms with E-state index in [1.165, 1.54) is 38.5 Å². The maximum Gasteiger partial charge on any atom is 0.516 e. The summed E-state index contributed by atoms with van der Waals surface area (Å²) in [4.78, 5) is 10.1. The van der Waals surface area contributed by atoms with E-state index in [0.29, 0.717) is 0 Å². The molecule has 1 aromatic carbocycles. The predicted octanol–water partition coefficient (Wildman–Crippen LogP) is 2.41. The molecule has 0 aliphatic heterocycles. The Bertz CT molecular complexity index is 913. The zero-order valence-corrected chi connectivity index (χ0v) is 16.3. The summed E-state index contributed by atoms with van der Waals surface area (Å²) in [7, 11) is 0.478. The van der Waals surface area contributed by atoms with Gasteiger partial charge in [-0.25, -0.2) is 0 Å². The van der Waals surface area contributed by atoms with Crippen LogP contribution in [0.3, 0.4) is 0 Å². The molecule has 0 spiro atoms. The molecule has 0 fully saturated rings. The Morgan fingerprint density at radius 1 is 1.07 bits per heavy atom. The summed E-state index contributed by atoms with van der Waals surface area (Å²) in [5, 5.41) is 0. The van der Waals surface area contributed by atoms with Gasteiger partial charge in [-0.05, 0) is 20.2 Å². The van der Waals surface area contributed by atoms with E-state index in [-0.39, 0.29) is 28.8 Å². The Morgan fingerprint density at radius 2 is 1.61 bits per heavy atom. The average Bonchev–Trinajstić information content (AvgIpc) is 2.61. The molecule has 154 valence electrons. The first-order valence-electron chi connectivity index (χ1n) is 7.81. The second-order valence-corrected chi connectivity index (χ2v) is 7.49. The lowest BCUT2D eigenvalue weighted by Crippen LogP contribution is -2.31. The fourth-order valence-electron chi connectivity index (χ4n) is 2.43. The van der Waals surface area contributed by atoms with Crippen LogP contribution in [-0.4, -0.2) is 57.1 Å². The first-order valence-corrected chi connectivity index (χ1v) is 9.30. The number of nitrogens with one attached hydrogen (secondary N) is 1. The number of para-hydroxylation sites is 1. The van der Waals surface area contributed by atoms with Gasteiger partial charge in [-0.1, -0.05) is 18.2 Å². The summed E-state index contributed by atoms with van der Waals surface area (Å²) in [5.41, 5.74) is -5.48. The molecule has 8 nitrogen and oxygen atoms in total. The zero-order chi connectivity index (χ0) is 21.1. The fraction of sp³-hybridized carbons (Fsp3) is 0.375. The highest BCUT2D eigenvalue weighted by Gasteiger charge is 2.46. The SMILES string of the molecule is COc1cc(OC)nc(C(c2ccccc2NS(=O)(=O)C(F)(F)F)N(C)C)n1. The monoisotopic (exact) mass is 420 g/mol. The molecule has 0 radical (unpaired) electrons. The van der Waals surface area contributed by atoms with Gasteiger partial charge in [0.2, 0.25) is 11.8 Å². The van der Waals surface area contributed by atoms with E-state index in [2.05, 4.69) is 9.97 Å². The number of rotatable bonds is 7. The van der Waals surface area contributed by atoms with Crippen LogP contribution in [0, 0.1) is 0 Å². The molecule has 1 N–H and O–H groups in total. The summed E-state index contributed by atoms with van der Waals surface area (Å²) in [6, 6.07) is 6.33. The van der Waals surface area contributed by atoms with Gasteiger partial charge in [0.25, 0.3) is 0 Å². The van der Waals surface area contributed by atoms with Crippen LogP contribution in [0.15, 0.2) is 30.3 Å². The molecule has 0 aliphatic rings. The van der Waals surface area contributed by atoms with Crippen molar-refractivity contribution in [2.75, 3.05) is 33.0 Å². The van der Waals surface area contributed by atoms with Gasteiger partial charge >= 0.3 is 15.5 Å². The molecular weight excluding hydrogens is 401 g/mol. The summed E-state index contributed by atoms with van der Waals surface area (Å²) in [6.07, 6.45) is 0. The first kappa shape index (κ1) is 21.7. The molecule has 0 saturated heterocycles. The molecule has 1 unspecified atom stereocenters. The van der Waals surface area contributed by atoms with Crippen LogP contribution < -0.4 is 14.2 Å². The Labute approximate surface area is 160 Å². The second kappa shape index (κ2) is 8.19. The molecule has 0 saturated carbocycles. The topological polar surface area (TPSA) is 93.7 Å². The number of hydrogen-bond donors (Lipinski definition) is 1. The minimum atomic E-state index is -5.60. The summed E-state index contributed by atoms with van der Waals surface area (Å²) < 4.78 is 73.4. The molecular formula is C16H19F3N4O4S. The molecule has 0 bridgehead atoms. The first-order chi connectivity index (χ1) is 13.0. The van der Waals surface area contributed by atoms with Crippen molar-refractivity contribution in [3.8, 4) is 11.8 Å². The largest absolute Gasteiger partial charge is 0.516 e. The number of hydrogen-bond acceptors (Lipinski definition) is 7. The maximum atomic E-state index is 12.8.